The summed E-state index contributed by atoms with van der Waals surface area (Å²) in [6, 6.07) is 10.4. The van der Waals surface area contributed by atoms with Crippen LogP contribution < -0.4 is 14.8 Å². The highest BCUT2D eigenvalue weighted by Crippen LogP contribution is 2.18. The van der Waals surface area contributed by atoms with E-state index in [9.17, 15) is 13.6 Å². The standard InChI is InChI=1S/C19H21F2NO3/c1-13(14-5-10-17(20)18(21)12-14)22-19(23)4-3-11-25-16-8-6-15(24-2)7-9-16/h5-10,12-13H,3-4,11H2,1-2H3,(H,22,23). The first-order valence-corrected chi connectivity index (χ1v) is 8.00. The van der Waals surface area contributed by atoms with E-state index < -0.39 is 17.7 Å². The second-order valence-corrected chi connectivity index (χ2v) is 5.59. The molecule has 0 fully saturated rings. The third-order valence-electron chi connectivity index (χ3n) is 3.70. The van der Waals surface area contributed by atoms with E-state index in [1.807, 2.05) is 0 Å². The SMILES string of the molecule is COc1ccc(OCCCC(=O)NC(C)c2ccc(F)c(F)c2)cc1. The van der Waals surface area contributed by atoms with Crippen LogP contribution in [0.5, 0.6) is 11.5 Å². The monoisotopic (exact) mass is 349 g/mol. The molecule has 0 radical (unpaired) electrons. The number of halogens is 2. The first-order valence-electron chi connectivity index (χ1n) is 8.00. The zero-order valence-electron chi connectivity index (χ0n) is 14.2. The van der Waals surface area contributed by atoms with Crippen LogP contribution in [-0.4, -0.2) is 19.6 Å². The van der Waals surface area contributed by atoms with Crippen LogP contribution in [-0.2, 0) is 4.79 Å². The minimum Gasteiger partial charge on any atom is -0.497 e. The number of hydrogen-bond donors (Lipinski definition) is 1. The molecule has 0 spiro atoms. The molecule has 1 N–H and O–H groups in total. The summed E-state index contributed by atoms with van der Waals surface area (Å²) in [7, 11) is 1.59. The maximum atomic E-state index is 13.2. The number of rotatable bonds is 8. The van der Waals surface area contributed by atoms with Gasteiger partial charge in [0.05, 0.1) is 19.8 Å². The lowest BCUT2D eigenvalue weighted by molar-refractivity contribution is -0.121. The Morgan fingerprint density at radius 1 is 1.08 bits per heavy atom. The number of carbonyl (C=O) groups is 1. The first-order chi connectivity index (χ1) is 12.0. The van der Waals surface area contributed by atoms with Gasteiger partial charge in [-0.1, -0.05) is 6.07 Å². The topological polar surface area (TPSA) is 47.6 Å². The predicted octanol–water partition coefficient (Wildman–Crippen LogP) is 4.01. The van der Waals surface area contributed by atoms with Gasteiger partial charge in [0, 0.05) is 6.42 Å². The highest BCUT2D eigenvalue weighted by Gasteiger charge is 2.12. The van der Waals surface area contributed by atoms with Gasteiger partial charge in [0.2, 0.25) is 5.91 Å². The van der Waals surface area contributed by atoms with E-state index >= 15 is 0 Å². The van der Waals surface area contributed by atoms with Crippen LogP contribution in [0.15, 0.2) is 42.5 Å². The van der Waals surface area contributed by atoms with E-state index in [2.05, 4.69) is 5.32 Å². The largest absolute Gasteiger partial charge is 0.497 e. The quantitative estimate of drug-likeness (QED) is 0.733. The molecule has 0 bridgehead atoms. The van der Waals surface area contributed by atoms with Crippen molar-refractivity contribution in [2.45, 2.75) is 25.8 Å². The Morgan fingerprint density at radius 2 is 1.76 bits per heavy atom. The summed E-state index contributed by atoms with van der Waals surface area (Å²) in [5.74, 6) is -0.547. The average molecular weight is 349 g/mol. The van der Waals surface area contributed by atoms with Gasteiger partial charge in [-0.15, -0.1) is 0 Å². The van der Waals surface area contributed by atoms with Crippen molar-refractivity contribution in [1.82, 2.24) is 5.32 Å². The Hall–Kier alpha value is -2.63. The number of hydrogen-bond acceptors (Lipinski definition) is 3. The fraction of sp³-hybridized carbons (Fsp3) is 0.316. The molecule has 0 saturated carbocycles. The van der Waals surface area contributed by atoms with E-state index in [1.54, 1.807) is 38.3 Å². The zero-order valence-corrected chi connectivity index (χ0v) is 14.2. The molecule has 0 aromatic heterocycles. The summed E-state index contributed by atoms with van der Waals surface area (Å²) in [6.45, 7) is 2.12. The molecular weight excluding hydrogens is 328 g/mol. The predicted molar refractivity (Wildman–Crippen MR) is 90.6 cm³/mol. The molecule has 2 rings (SSSR count). The molecule has 2 aromatic rings. The smallest absolute Gasteiger partial charge is 0.220 e. The van der Waals surface area contributed by atoms with Gasteiger partial charge in [0.1, 0.15) is 11.5 Å². The maximum Gasteiger partial charge on any atom is 0.220 e. The number of ether oxygens (including phenoxy) is 2. The molecule has 4 nitrogen and oxygen atoms in total. The number of methoxy groups -OCH3 is 1. The van der Waals surface area contributed by atoms with Crippen LogP contribution >= 0.6 is 0 Å². The molecule has 0 aliphatic heterocycles. The van der Waals surface area contributed by atoms with Crippen molar-refractivity contribution in [3.8, 4) is 11.5 Å². The number of amides is 1. The molecule has 1 unspecified atom stereocenters. The van der Waals surface area contributed by atoms with Crippen molar-refractivity contribution in [1.29, 1.82) is 0 Å². The lowest BCUT2D eigenvalue weighted by Gasteiger charge is -2.14. The molecule has 6 heteroatoms. The van der Waals surface area contributed by atoms with Crippen molar-refractivity contribution < 1.29 is 23.0 Å². The minimum atomic E-state index is -0.925. The Labute approximate surface area is 145 Å². The number of nitrogens with one attached hydrogen (secondary N) is 1. The lowest BCUT2D eigenvalue weighted by atomic mass is 10.1. The second-order valence-electron chi connectivity index (χ2n) is 5.59. The molecular formula is C19H21F2NO3. The molecule has 0 aliphatic rings. The third-order valence-corrected chi connectivity index (χ3v) is 3.70. The van der Waals surface area contributed by atoms with Crippen LogP contribution in [0.2, 0.25) is 0 Å². The van der Waals surface area contributed by atoms with Crippen LogP contribution in [0.1, 0.15) is 31.4 Å². The minimum absolute atomic E-state index is 0.171. The van der Waals surface area contributed by atoms with Crippen LogP contribution in [0.4, 0.5) is 8.78 Å². The number of carbonyl (C=O) groups excluding carboxylic acids is 1. The Morgan fingerprint density at radius 3 is 2.40 bits per heavy atom. The van der Waals surface area contributed by atoms with Gasteiger partial charge < -0.3 is 14.8 Å². The summed E-state index contributed by atoms with van der Waals surface area (Å²) in [5, 5.41) is 2.76. The van der Waals surface area contributed by atoms with E-state index in [1.165, 1.54) is 6.07 Å². The summed E-state index contributed by atoms with van der Waals surface area (Å²) in [5.41, 5.74) is 0.515. The normalized spacial score (nSPS) is 11.7. The van der Waals surface area contributed by atoms with Gasteiger partial charge in [-0.3, -0.25) is 4.79 Å². The molecule has 134 valence electrons. The van der Waals surface area contributed by atoms with Gasteiger partial charge in [-0.05, 0) is 55.3 Å². The second kappa shape index (κ2) is 9.01. The van der Waals surface area contributed by atoms with Crippen molar-refractivity contribution in [3.63, 3.8) is 0 Å². The third kappa shape index (κ3) is 5.74. The first kappa shape index (κ1) is 18.7. The molecule has 2 aromatic carbocycles. The Bertz CT molecular complexity index is 704. The van der Waals surface area contributed by atoms with Crippen LogP contribution in [0.3, 0.4) is 0 Å². The highest BCUT2D eigenvalue weighted by atomic mass is 19.2. The van der Waals surface area contributed by atoms with E-state index in [0.717, 1.165) is 17.9 Å². The fourth-order valence-corrected chi connectivity index (χ4v) is 2.27. The summed E-state index contributed by atoms with van der Waals surface area (Å²) < 4.78 is 36.8. The molecule has 0 heterocycles. The Kier molecular flexibility index (Phi) is 6.74. The van der Waals surface area contributed by atoms with Gasteiger partial charge >= 0.3 is 0 Å². The van der Waals surface area contributed by atoms with Crippen molar-refractivity contribution in [2.24, 2.45) is 0 Å². The van der Waals surface area contributed by atoms with Crippen LogP contribution in [0, 0.1) is 11.6 Å². The average Bonchev–Trinajstić information content (AvgIpc) is 2.61. The highest BCUT2D eigenvalue weighted by molar-refractivity contribution is 5.76. The van der Waals surface area contributed by atoms with Gasteiger partial charge in [-0.25, -0.2) is 8.78 Å². The van der Waals surface area contributed by atoms with E-state index in [-0.39, 0.29) is 12.3 Å². The molecule has 0 aliphatic carbocycles. The van der Waals surface area contributed by atoms with Crippen molar-refractivity contribution in [2.75, 3.05) is 13.7 Å². The van der Waals surface area contributed by atoms with Gasteiger partial charge in [0.25, 0.3) is 0 Å². The number of benzene rings is 2. The maximum absolute atomic E-state index is 13.2. The van der Waals surface area contributed by atoms with Crippen LogP contribution in [0.25, 0.3) is 0 Å². The van der Waals surface area contributed by atoms with E-state index in [0.29, 0.717) is 24.3 Å². The van der Waals surface area contributed by atoms with Crippen molar-refractivity contribution in [3.05, 3.63) is 59.7 Å². The molecule has 0 saturated heterocycles. The fourth-order valence-electron chi connectivity index (χ4n) is 2.27. The summed E-state index contributed by atoms with van der Waals surface area (Å²) in [6.07, 6.45) is 0.826. The van der Waals surface area contributed by atoms with Gasteiger partial charge in [-0.2, -0.15) is 0 Å². The Balaban J connectivity index is 1.71. The van der Waals surface area contributed by atoms with Crippen molar-refractivity contribution >= 4 is 5.91 Å². The van der Waals surface area contributed by atoms with Gasteiger partial charge in [0.15, 0.2) is 11.6 Å². The summed E-state index contributed by atoms with van der Waals surface area (Å²) in [4.78, 5) is 11.9. The molecule has 25 heavy (non-hydrogen) atoms. The molecule has 1 atom stereocenters. The van der Waals surface area contributed by atoms with E-state index in [4.69, 9.17) is 9.47 Å². The molecule has 1 amide bonds. The summed E-state index contributed by atoms with van der Waals surface area (Å²) >= 11 is 0. The zero-order chi connectivity index (χ0) is 18.2. The lowest BCUT2D eigenvalue weighted by Crippen LogP contribution is -2.26.